The van der Waals surface area contributed by atoms with E-state index in [1.165, 1.54) is 0 Å². The van der Waals surface area contributed by atoms with Crippen molar-refractivity contribution in [3.8, 4) is 0 Å². The second kappa shape index (κ2) is 8.77. The van der Waals surface area contributed by atoms with Gasteiger partial charge in [0.1, 0.15) is 0 Å². The molecule has 138 valence electrons. The molecule has 0 aliphatic carbocycles. The average Bonchev–Trinajstić information content (AvgIpc) is 2.48. The summed E-state index contributed by atoms with van der Waals surface area (Å²) in [4.78, 5) is 0. The summed E-state index contributed by atoms with van der Waals surface area (Å²) in [5.41, 5.74) is -2.28. The van der Waals surface area contributed by atoms with Gasteiger partial charge in [-0.2, -0.15) is 26.3 Å². The summed E-state index contributed by atoms with van der Waals surface area (Å²) in [5.74, 6) is -0.264. The van der Waals surface area contributed by atoms with Crippen LogP contribution in [0.4, 0.5) is 26.3 Å². The molecule has 0 saturated heterocycles. The third kappa shape index (κ3) is 6.36. The Morgan fingerprint density at radius 1 is 0.708 bits per heavy atom. The van der Waals surface area contributed by atoms with Crippen LogP contribution in [0.3, 0.4) is 0 Å². The highest BCUT2D eigenvalue weighted by molar-refractivity contribution is 5.35. The molecule has 0 amide bonds. The molecule has 24 heavy (non-hydrogen) atoms. The number of hydrogen-bond donors (Lipinski definition) is 0. The van der Waals surface area contributed by atoms with Crippen LogP contribution in [0.1, 0.15) is 81.4 Å². The minimum atomic E-state index is -4.78. The highest BCUT2D eigenvalue weighted by atomic mass is 19.4. The Morgan fingerprint density at radius 3 is 1.58 bits per heavy atom. The number of rotatable bonds is 8. The molecule has 0 aliphatic heterocycles. The van der Waals surface area contributed by atoms with Crippen LogP contribution in [0.5, 0.6) is 0 Å². The average molecular weight is 354 g/mol. The first-order valence-electron chi connectivity index (χ1n) is 8.39. The van der Waals surface area contributed by atoms with Crippen LogP contribution in [-0.2, 0) is 12.4 Å². The van der Waals surface area contributed by atoms with Gasteiger partial charge in [0.05, 0.1) is 11.1 Å². The normalized spacial score (nSPS) is 14.0. The van der Waals surface area contributed by atoms with E-state index in [2.05, 4.69) is 0 Å². The van der Waals surface area contributed by atoms with Crippen molar-refractivity contribution in [3.63, 3.8) is 0 Å². The summed E-state index contributed by atoms with van der Waals surface area (Å²) in [6.45, 7) is 3.96. The molecule has 6 heteroatoms. The Balaban J connectivity index is 3.23. The van der Waals surface area contributed by atoms with E-state index in [4.69, 9.17) is 0 Å². The van der Waals surface area contributed by atoms with Crippen molar-refractivity contribution < 1.29 is 26.3 Å². The Hall–Kier alpha value is -1.20. The zero-order valence-electron chi connectivity index (χ0n) is 14.0. The molecule has 0 aromatic heterocycles. The van der Waals surface area contributed by atoms with Gasteiger partial charge in [-0.1, -0.05) is 46.0 Å². The Bertz CT molecular complexity index is 469. The van der Waals surface area contributed by atoms with E-state index in [-0.39, 0.29) is 17.5 Å². The van der Waals surface area contributed by atoms with Crippen LogP contribution < -0.4 is 0 Å². The first kappa shape index (κ1) is 20.8. The third-order valence-corrected chi connectivity index (χ3v) is 4.14. The van der Waals surface area contributed by atoms with Crippen molar-refractivity contribution in [1.82, 2.24) is 0 Å². The summed E-state index contributed by atoms with van der Waals surface area (Å²) >= 11 is 0. The molecular weight excluding hydrogens is 330 g/mol. The number of benzene rings is 1. The standard InChI is InChI=1S/C18H24F6/c1-3-5-7-9-13(8-6-4-2)14-10-15(17(19,20)21)12-16(11-14)18(22,23)24/h10-13H,3-9H2,1-2H3. The van der Waals surface area contributed by atoms with Gasteiger partial charge in [0.2, 0.25) is 0 Å². The maximum Gasteiger partial charge on any atom is 0.416 e. The topological polar surface area (TPSA) is 0 Å². The molecule has 0 nitrogen and oxygen atoms in total. The fraction of sp³-hybridized carbons (Fsp3) is 0.667. The predicted octanol–water partition coefficient (Wildman–Crippen LogP) is 7.58. The molecule has 1 rings (SSSR count). The highest BCUT2D eigenvalue weighted by Gasteiger charge is 2.37. The molecule has 0 bridgehead atoms. The van der Waals surface area contributed by atoms with Crippen molar-refractivity contribution in [2.24, 2.45) is 0 Å². The molecular formula is C18H24F6. The predicted molar refractivity (Wildman–Crippen MR) is 82.9 cm³/mol. The van der Waals surface area contributed by atoms with Gasteiger partial charge in [-0.05, 0) is 42.5 Å². The van der Waals surface area contributed by atoms with Crippen LogP contribution in [0.25, 0.3) is 0 Å². The van der Waals surface area contributed by atoms with Crippen LogP contribution >= 0.6 is 0 Å². The molecule has 0 aliphatic rings. The molecule has 1 aromatic rings. The van der Waals surface area contributed by atoms with Gasteiger partial charge in [0.25, 0.3) is 0 Å². The summed E-state index contributed by atoms with van der Waals surface area (Å²) in [7, 11) is 0. The molecule has 0 fully saturated rings. The molecule has 0 radical (unpaired) electrons. The van der Waals surface area contributed by atoms with Crippen LogP contribution in [-0.4, -0.2) is 0 Å². The van der Waals surface area contributed by atoms with Gasteiger partial charge in [-0.25, -0.2) is 0 Å². The smallest absolute Gasteiger partial charge is 0.166 e. The third-order valence-electron chi connectivity index (χ3n) is 4.14. The molecule has 1 aromatic carbocycles. The first-order chi connectivity index (χ1) is 11.1. The maximum absolute atomic E-state index is 13.0. The highest BCUT2D eigenvalue weighted by Crippen LogP contribution is 2.39. The van der Waals surface area contributed by atoms with E-state index in [0.29, 0.717) is 12.8 Å². The quantitative estimate of drug-likeness (QED) is 0.333. The molecule has 0 saturated carbocycles. The molecule has 1 atom stereocenters. The molecule has 1 unspecified atom stereocenters. The van der Waals surface area contributed by atoms with Gasteiger partial charge in [0, 0.05) is 0 Å². The summed E-state index contributed by atoms with van der Waals surface area (Å²) in [6.07, 6.45) is -4.01. The van der Waals surface area contributed by atoms with E-state index >= 15 is 0 Å². The number of hydrogen-bond acceptors (Lipinski definition) is 0. The van der Waals surface area contributed by atoms with Crippen molar-refractivity contribution in [2.75, 3.05) is 0 Å². The molecule has 0 spiro atoms. The van der Waals surface area contributed by atoms with Gasteiger partial charge >= 0.3 is 12.4 Å². The summed E-state index contributed by atoms with van der Waals surface area (Å²) in [6, 6.07) is 1.98. The Kier molecular flexibility index (Phi) is 7.61. The lowest BCUT2D eigenvalue weighted by Crippen LogP contribution is -2.13. The molecule has 0 heterocycles. The first-order valence-corrected chi connectivity index (χ1v) is 8.39. The summed E-state index contributed by atoms with van der Waals surface area (Å²) in [5, 5.41) is 0. The van der Waals surface area contributed by atoms with E-state index in [1.807, 2.05) is 13.8 Å². The van der Waals surface area contributed by atoms with Crippen LogP contribution in [0, 0.1) is 0 Å². The second-order valence-corrected chi connectivity index (χ2v) is 6.17. The van der Waals surface area contributed by atoms with Crippen LogP contribution in [0.15, 0.2) is 18.2 Å². The fourth-order valence-corrected chi connectivity index (χ4v) is 2.78. The SMILES string of the molecule is CCCCCC(CCCC)c1cc(C(F)(F)F)cc(C(F)(F)F)c1. The van der Waals surface area contributed by atoms with Crippen molar-refractivity contribution in [2.45, 2.75) is 77.1 Å². The monoisotopic (exact) mass is 354 g/mol. The van der Waals surface area contributed by atoms with Gasteiger partial charge in [-0.15, -0.1) is 0 Å². The van der Waals surface area contributed by atoms with E-state index in [1.54, 1.807) is 0 Å². The number of halogens is 6. The molecule has 0 N–H and O–H groups in total. The van der Waals surface area contributed by atoms with Gasteiger partial charge < -0.3 is 0 Å². The van der Waals surface area contributed by atoms with Gasteiger partial charge in [0.15, 0.2) is 0 Å². The largest absolute Gasteiger partial charge is 0.416 e. The van der Waals surface area contributed by atoms with Gasteiger partial charge in [-0.3, -0.25) is 0 Å². The zero-order chi connectivity index (χ0) is 18.4. The van der Waals surface area contributed by atoms with Crippen molar-refractivity contribution in [1.29, 1.82) is 0 Å². The lowest BCUT2D eigenvalue weighted by atomic mass is 9.86. The van der Waals surface area contributed by atoms with E-state index in [9.17, 15) is 26.3 Å². The lowest BCUT2D eigenvalue weighted by Gasteiger charge is -2.21. The minimum absolute atomic E-state index is 0.154. The van der Waals surface area contributed by atoms with Crippen LogP contribution in [0.2, 0.25) is 0 Å². The fourth-order valence-electron chi connectivity index (χ4n) is 2.78. The Labute approximate surface area is 139 Å². The van der Waals surface area contributed by atoms with E-state index < -0.39 is 23.5 Å². The van der Waals surface area contributed by atoms with Crippen molar-refractivity contribution in [3.05, 3.63) is 34.9 Å². The maximum atomic E-state index is 13.0. The lowest BCUT2D eigenvalue weighted by molar-refractivity contribution is -0.143. The second-order valence-electron chi connectivity index (χ2n) is 6.17. The summed E-state index contributed by atoms with van der Waals surface area (Å²) < 4.78 is 77.9. The zero-order valence-corrected chi connectivity index (χ0v) is 14.0. The minimum Gasteiger partial charge on any atom is -0.166 e. The van der Waals surface area contributed by atoms with Crippen molar-refractivity contribution >= 4 is 0 Å². The van der Waals surface area contributed by atoms with E-state index in [0.717, 1.165) is 44.2 Å². The number of unbranched alkanes of at least 4 members (excludes halogenated alkanes) is 3. The Morgan fingerprint density at radius 2 is 1.17 bits per heavy atom. The number of alkyl halides is 6.